The molecule has 2 aliphatic rings. The van der Waals surface area contributed by atoms with E-state index in [1.54, 1.807) is 6.92 Å². The fourth-order valence-electron chi connectivity index (χ4n) is 5.15. The van der Waals surface area contributed by atoms with Gasteiger partial charge in [0.2, 0.25) is 5.89 Å². The second kappa shape index (κ2) is 9.17. The Hall–Kier alpha value is -3.39. The number of rotatable bonds is 6. The minimum absolute atomic E-state index is 0.0810. The van der Waals surface area contributed by atoms with Crippen molar-refractivity contribution in [2.24, 2.45) is 17.8 Å². The molecule has 0 radical (unpaired) electrons. The van der Waals surface area contributed by atoms with Crippen LogP contribution in [0.5, 0.6) is 11.8 Å². The molecule has 0 spiro atoms. The van der Waals surface area contributed by atoms with Gasteiger partial charge in [0.05, 0.1) is 5.56 Å². The zero-order valence-corrected chi connectivity index (χ0v) is 19.4. The van der Waals surface area contributed by atoms with E-state index in [9.17, 15) is 30.7 Å². The van der Waals surface area contributed by atoms with Crippen molar-refractivity contribution < 1.29 is 39.9 Å². The van der Waals surface area contributed by atoms with Crippen molar-refractivity contribution in [3.8, 4) is 11.8 Å². The molecule has 1 aliphatic carbocycles. The number of ether oxygens (including phenoxy) is 1. The van der Waals surface area contributed by atoms with E-state index in [0.29, 0.717) is 41.8 Å². The largest absolute Gasteiger partial charge is 0.424 e. The molecule has 2 aromatic heterocycles. The van der Waals surface area contributed by atoms with Crippen LogP contribution in [0, 0.1) is 30.5 Å². The minimum Gasteiger partial charge on any atom is -0.424 e. The first-order valence-corrected chi connectivity index (χ1v) is 11.5. The fraction of sp³-hybridized carbons (Fsp3) is 0.545. The molecule has 2 atom stereocenters. The fourth-order valence-corrected chi connectivity index (χ4v) is 5.15. The van der Waals surface area contributed by atoms with E-state index in [1.807, 2.05) is 4.90 Å². The van der Waals surface area contributed by atoms with E-state index < -0.39 is 42.0 Å². The van der Waals surface area contributed by atoms with E-state index >= 15 is 0 Å². The van der Waals surface area contributed by atoms with Crippen LogP contribution in [0.3, 0.4) is 0 Å². The molecule has 3 heterocycles. The Morgan fingerprint density at radius 1 is 1.05 bits per heavy atom. The summed E-state index contributed by atoms with van der Waals surface area (Å²) in [6.45, 7) is 1.40. The molecule has 37 heavy (non-hydrogen) atoms. The van der Waals surface area contributed by atoms with Gasteiger partial charge in [-0.25, -0.2) is 9.07 Å². The molecule has 2 bridgehead atoms. The summed E-state index contributed by atoms with van der Waals surface area (Å²) >= 11 is 0. The van der Waals surface area contributed by atoms with Crippen molar-refractivity contribution in [1.29, 1.82) is 0 Å². The molecule has 1 aromatic carbocycles. The predicted octanol–water partition coefficient (Wildman–Crippen LogP) is 5.19. The molecule has 1 aliphatic heterocycles. The smallest absolute Gasteiger partial charge is 0.419 e. The lowest BCUT2D eigenvalue weighted by Gasteiger charge is -2.36. The lowest BCUT2D eigenvalue weighted by atomic mass is 9.82. The topological polar surface area (TPSA) is 82.1 Å². The first-order chi connectivity index (χ1) is 17.4. The molecule has 3 aromatic rings. The molecule has 5 rings (SSSR count). The summed E-state index contributed by atoms with van der Waals surface area (Å²) in [5, 5.41) is 11.9. The Bertz CT molecular complexity index is 1260. The molecule has 8 nitrogen and oxygen atoms in total. The van der Waals surface area contributed by atoms with E-state index in [0.717, 1.165) is 18.9 Å². The van der Waals surface area contributed by atoms with Crippen LogP contribution in [-0.2, 0) is 19.1 Å². The zero-order chi connectivity index (χ0) is 26.5. The number of benzene rings is 1. The summed E-state index contributed by atoms with van der Waals surface area (Å²) in [6, 6.07) is 1.58. The number of aryl methyl sites for hydroxylation is 1. The van der Waals surface area contributed by atoms with E-state index in [1.165, 1.54) is 0 Å². The Labute approximate surface area is 205 Å². The monoisotopic (exact) mass is 534 g/mol. The molecular weight excluding hydrogens is 513 g/mol. The van der Waals surface area contributed by atoms with Gasteiger partial charge in [0, 0.05) is 26.4 Å². The van der Waals surface area contributed by atoms with Crippen LogP contribution in [0.4, 0.5) is 36.7 Å². The van der Waals surface area contributed by atoms with Crippen molar-refractivity contribution >= 4 is 6.01 Å². The van der Waals surface area contributed by atoms with E-state index in [4.69, 9.17) is 9.15 Å². The van der Waals surface area contributed by atoms with Gasteiger partial charge >= 0.3 is 24.4 Å². The van der Waals surface area contributed by atoms with Crippen LogP contribution in [-0.4, -0.2) is 44.2 Å². The average molecular weight is 534 g/mol. The van der Waals surface area contributed by atoms with E-state index in [2.05, 4.69) is 20.3 Å². The first kappa shape index (κ1) is 25.3. The third kappa shape index (κ3) is 5.49. The maximum atomic E-state index is 13.6. The molecule has 15 heteroatoms. The molecule has 0 N–H and O–H groups in total. The third-order valence-corrected chi connectivity index (χ3v) is 6.70. The van der Waals surface area contributed by atoms with Crippen molar-refractivity contribution in [3.63, 3.8) is 0 Å². The number of piperidine rings is 1. The predicted molar refractivity (Wildman–Crippen MR) is 112 cm³/mol. The number of halogens is 7. The lowest BCUT2D eigenvalue weighted by Crippen LogP contribution is -2.43. The number of anilines is 1. The van der Waals surface area contributed by atoms with Crippen molar-refractivity contribution in [3.05, 3.63) is 41.3 Å². The first-order valence-electron chi connectivity index (χ1n) is 11.5. The van der Waals surface area contributed by atoms with Gasteiger partial charge in [-0.05, 0) is 48.8 Å². The summed E-state index contributed by atoms with van der Waals surface area (Å²) in [5.41, 5.74) is -1.60. The van der Waals surface area contributed by atoms with Crippen LogP contribution in [0.2, 0.25) is 0 Å². The zero-order valence-electron chi connectivity index (χ0n) is 19.4. The third-order valence-electron chi connectivity index (χ3n) is 6.70. The molecule has 2 unspecified atom stereocenters. The quantitative estimate of drug-likeness (QED) is 0.403. The normalized spacial score (nSPS) is 22.1. The standard InChI is InChI=1S/C22H21F7N6O2/c1-11-31-32-20(36-11)34-8-12-2-3-13(9-34)15(12)7-18-30-19(35(33-18)10-21(24,25)26)37-14-4-5-17(23)16(6-14)22(27,28)29/h4-6,12-13,15H,2-3,7-10H2,1H3. The minimum atomic E-state index is -5.01. The Balaban J connectivity index is 1.36. The maximum Gasteiger partial charge on any atom is 0.419 e. The highest BCUT2D eigenvalue weighted by Gasteiger charge is 2.44. The number of aromatic nitrogens is 5. The number of alkyl halides is 6. The summed E-state index contributed by atoms with van der Waals surface area (Å²) in [5.74, 6) is -1.05. The average Bonchev–Trinajstić information content (AvgIpc) is 3.43. The molecule has 2 fully saturated rings. The summed E-state index contributed by atoms with van der Waals surface area (Å²) in [6.07, 6.45) is -7.62. The Morgan fingerprint density at radius 2 is 1.76 bits per heavy atom. The summed E-state index contributed by atoms with van der Waals surface area (Å²) in [7, 11) is 0. The van der Waals surface area contributed by atoms with Gasteiger partial charge in [-0.3, -0.25) is 0 Å². The number of nitrogens with zero attached hydrogens (tertiary/aromatic N) is 6. The van der Waals surface area contributed by atoms with Crippen LogP contribution in [0.25, 0.3) is 0 Å². The van der Waals surface area contributed by atoms with Gasteiger partial charge in [-0.1, -0.05) is 5.10 Å². The van der Waals surface area contributed by atoms with Crippen LogP contribution in [0.1, 0.15) is 30.1 Å². The number of hydrogen-bond donors (Lipinski definition) is 0. The Morgan fingerprint density at radius 3 is 2.35 bits per heavy atom. The molecule has 1 saturated heterocycles. The van der Waals surface area contributed by atoms with Gasteiger partial charge in [0.15, 0.2) is 5.82 Å². The molecule has 200 valence electrons. The molecule has 1 saturated carbocycles. The summed E-state index contributed by atoms with van der Waals surface area (Å²) < 4.78 is 104. The van der Waals surface area contributed by atoms with Crippen LogP contribution in [0.15, 0.2) is 22.6 Å². The highest BCUT2D eigenvalue weighted by atomic mass is 19.4. The molecule has 0 amide bonds. The van der Waals surface area contributed by atoms with Crippen molar-refractivity contribution in [2.75, 3.05) is 18.0 Å². The number of hydrogen-bond acceptors (Lipinski definition) is 7. The van der Waals surface area contributed by atoms with Crippen LogP contribution < -0.4 is 9.64 Å². The highest BCUT2D eigenvalue weighted by molar-refractivity contribution is 5.33. The second-order valence-electron chi connectivity index (χ2n) is 9.30. The lowest BCUT2D eigenvalue weighted by molar-refractivity contribution is -0.143. The van der Waals surface area contributed by atoms with Crippen LogP contribution >= 0.6 is 0 Å². The highest BCUT2D eigenvalue weighted by Crippen LogP contribution is 2.44. The summed E-state index contributed by atoms with van der Waals surface area (Å²) in [4.78, 5) is 6.07. The maximum absolute atomic E-state index is 13.6. The van der Waals surface area contributed by atoms with Crippen molar-refractivity contribution in [1.82, 2.24) is 25.0 Å². The van der Waals surface area contributed by atoms with Gasteiger partial charge in [-0.2, -0.15) is 36.4 Å². The van der Waals surface area contributed by atoms with Gasteiger partial charge in [0.1, 0.15) is 18.1 Å². The SMILES string of the molecule is Cc1nnc(N2CC3CCC(C2)C3Cc2nc(Oc3ccc(F)c(C(F)(F)F)c3)n(CC(F)(F)F)n2)o1. The Kier molecular flexibility index (Phi) is 6.26. The van der Waals surface area contributed by atoms with Gasteiger partial charge in [0.25, 0.3) is 0 Å². The van der Waals surface area contributed by atoms with Gasteiger partial charge in [-0.15, -0.1) is 5.10 Å². The second-order valence-corrected chi connectivity index (χ2v) is 9.30. The van der Waals surface area contributed by atoms with Crippen molar-refractivity contribution in [2.45, 2.75) is 45.1 Å². The van der Waals surface area contributed by atoms with Gasteiger partial charge < -0.3 is 14.1 Å². The van der Waals surface area contributed by atoms with E-state index in [-0.39, 0.29) is 30.0 Å². The number of fused-ring (bicyclic) bond motifs is 2. The molecular formula is C22H21F7N6O2.